The van der Waals surface area contributed by atoms with Gasteiger partial charge in [0.05, 0.1) is 0 Å². The predicted octanol–water partition coefficient (Wildman–Crippen LogP) is 4.95. The average molecular weight is 288 g/mol. The maximum absolute atomic E-state index is 6.25. The fourth-order valence-electron chi connectivity index (χ4n) is 2.46. The van der Waals surface area contributed by atoms with Crippen LogP contribution in [0.3, 0.4) is 0 Å². The number of benzene rings is 1. The second-order valence-electron chi connectivity index (χ2n) is 4.68. The molecule has 0 amide bonds. The highest BCUT2D eigenvalue weighted by molar-refractivity contribution is 6.33. The van der Waals surface area contributed by atoms with Crippen molar-refractivity contribution in [2.45, 2.75) is 46.1 Å². The van der Waals surface area contributed by atoms with Gasteiger partial charge in [0.25, 0.3) is 0 Å². The minimum Gasteiger partial charge on any atom is -0.314 e. The third kappa shape index (κ3) is 4.46. The van der Waals surface area contributed by atoms with Crippen LogP contribution in [0.15, 0.2) is 18.2 Å². The van der Waals surface area contributed by atoms with Gasteiger partial charge in [0.2, 0.25) is 0 Å². The van der Waals surface area contributed by atoms with E-state index in [1.165, 1.54) is 12.8 Å². The molecule has 0 aliphatic carbocycles. The molecule has 0 aliphatic rings. The van der Waals surface area contributed by atoms with E-state index >= 15 is 0 Å². The van der Waals surface area contributed by atoms with Crippen molar-refractivity contribution < 1.29 is 0 Å². The molecule has 0 fully saturated rings. The Morgan fingerprint density at radius 3 is 2.33 bits per heavy atom. The van der Waals surface area contributed by atoms with E-state index in [0.29, 0.717) is 12.0 Å². The molecule has 0 saturated carbocycles. The van der Waals surface area contributed by atoms with Crippen LogP contribution in [0.4, 0.5) is 0 Å². The summed E-state index contributed by atoms with van der Waals surface area (Å²) < 4.78 is 0. The molecule has 1 aromatic rings. The number of hydrogen-bond acceptors (Lipinski definition) is 1. The summed E-state index contributed by atoms with van der Waals surface area (Å²) in [5.41, 5.74) is 1.14. The van der Waals surface area contributed by atoms with Gasteiger partial charge in [-0.15, -0.1) is 0 Å². The fraction of sp³-hybridized carbons (Fsp3) is 0.600. The third-order valence-corrected chi connectivity index (χ3v) is 4.14. The van der Waals surface area contributed by atoms with Crippen molar-refractivity contribution in [1.82, 2.24) is 5.32 Å². The summed E-state index contributed by atoms with van der Waals surface area (Å²) >= 11 is 12.3. The van der Waals surface area contributed by atoms with Crippen LogP contribution in [0, 0.1) is 5.92 Å². The molecule has 1 nitrogen and oxygen atoms in total. The van der Waals surface area contributed by atoms with Crippen molar-refractivity contribution in [3.63, 3.8) is 0 Å². The van der Waals surface area contributed by atoms with Gasteiger partial charge in [-0.05, 0) is 42.6 Å². The van der Waals surface area contributed by atoms with Crippen molar-refractivity contribution in [1.29, 1.82) is 0 Å². The molecule has 0 spiro atoms. The molecule has 102 valence electrons. The summed E-state index contributed by atoms with van der Waals surface area (Å²) in [5.74, 6) is 0.681. The maximum Gasteiger partial charge on any atom is 0.0439 e. The minimum atomic E-state index is 0.473. The highest BCUT2D eigenvalue weighted by atomic mass is 35.5. The number of hydrogen-bond donors (Lipinski definition) is 1. The number of nitrogens with one attached hydrogen (secondary N) is 1. The Hall–Kier alpha value is -0.240. The summed E-state index contributed by atoms with van der Waals surface area (Å²) in [6.45, 7) is 7.63. The maximum atomic E-state index is 6.25. The molecule has 3 heteroatoms. The molecule has 0 radical (unpaired) electrons. The van der Waals surface area contributed by atoms with Gasteiger partial charge in [0.15, 0.2) is 0 Å². The lowest BCUT2D eigenvalue weighted by Crippen LogP contribution is -2.37. The average Bonchev–Trinajstić information content (AvgIpc) is 2.35. The highest BCUT2D eigenvalue weighted by Crippen LogP contribution is 2.25. The molecule has 1 unspecified atom stereocenters. The summed E-state index contributed by atoms with van der Waals surface area (Å²) in [4.78, 5) is 0. The zero-order chi connectivity index (χ0) is 13.5. The largest absolute Gasteiger partial charge is 0.314 e. The molecule has 0 bridgehead atoms. The molecule has 1 N–H and O–H groups in total. The van der Waals surface area contributed by atoms with Gasteiger partial charge < -0.3 is 5.32 Å². The molecule has 0 saturated heterocycles. The first-order chi connectivity index (χ1) is 8.62. The zero-order valence-electron chi connectivity index (χ0n) is 11.5. The fourth-order valence-corrected chi connectivity index (χ4v) is 2.85. The van der Waals surface area contributed by atoms with Crippen LogP contribution in [0.5, 0.6) is 0 Å². The molecule has 18 heavy (non-hydrogen) atoms. The van der Waals surface area contributed by atoms with Crippen molar-refractivity contribution in [2.75, 3.05) is 6.54 Å². The topological polar surface area (TPSA) is 12.0 Å². The quantitative estimate of drug-likeness (QED) is 0.748. The SMILES string of the molecule is CCNC(Cc1cc(Cl)ccc1Cl)C(CC)CC. The summed E-state index contributed by atoms with van der Waals surface area (Å²) in [6, 6.07) is 6.18. The van der Waals surface area contributed by atoms with Crippen molar-refractivity contribution >= 4 is 23.2 Å². The van der Waals surface area contributed by atoms with Gasteiger partial charge in [0.1, 0.15) is 0 Å². The normalized spacial score (nSPS) is 13.0. The van der Waals surface area contributed by atoms with Crippen LogP contribution in [0.25, 0.3) is 0 Å². The van der Waals surface area contributed by atoms with Gasteiger partial charge in [-0.25, -0.2) is 0 Å². The molecular weight excluding hydrogens is 265 g/mol. The van der Waals surface area contributed by atoms with Gasteiger partial charge in [-0.1, -0.05) is 56.8 Å². The molecule has 0 aromatic heterocycles. The monoisotopic (exact) mass is 287 g/mol. The Labute approximate surface area is 121 Å². The smallest absolute Gasteiger partial charge is 0.0439 e. The Bertz CT molecular complexity index is 362. The Balaban J connectivity index is 2.85. The zero-order valence-corrected chi connectivity index (χ0v) is 13.0. The Morgan fingerprint density at radius 1 is 1.11 bits per heavy atom. The molecule has 1 rings (SSSR count). The van der Waals surface area contributed by atoms with E-state index in [1.807, 2.05) is 18.2 Å². The van der Waals surface area contributed by atoms with Crippen LogP contribution >= 0.6 is 23.2 Å². The van der Waals surface area contributed by atoms with E-state index < -0.39 is 0 Å². The molecule has 0 heterocycles. The van der Waals surface area contributed by atoms with Gasteiger partial charge in [-0.2, -0.15) is 0 Å². The molecule has 1 aromatic carbocycles. The number of rotatable bonds is 7. The van der Waals surface area contributed by atoms with E-state index in [4.69, 9.17) is 23.2 Å². The minimum absolute atomic E-state index is 0.473. The lowest BCUT2D eigenvalue weighted by molar-refractivity contribution is 0.337. The first kappa shape index (κ1) is 15.8. The van der Waals surface area contributed by atoms with Crippen LogP contribution in [-0.2, 0) is 6.42 Å². The van der Waals surface area contributed by atoms with Crippen LogP contribution in [0.1, 0.15) is 39.2 Å². The standard InChI is InChI=1S/C15H23Cl2N/c1-4-11(5-2)15(18-6-3)10-12-9-13(16)7-8-14(12)17/h7-9,11,15,18H,4-6,10H2,1-3H3. The van der Waals surface area contributed by atoms with E-state index in [9.17, 15) is 0 Å². The van der Waals surface area contributed by atoms with Gasteiger partial charge >= 0.3 is 0 Å². The van der Waals surface area contributed by atoms with Gasteiger partial charge in [-0.3, -0.25) is 0 Å². The summed E-state index contributed by atoms with van der Waals surface area (Å²) in [6.07, 6.45) is 3.32. The lowest BCUT2D eigenvalue weighted by Gasteiger charge is -2.26. The first-order valence-electron chi connectivity index (χ1n) is 6.79. The van der Waals surface area contributed by atoms with E-state index in [-0.39, 0.29) is 0 Å². The van der Waals surface area contributed by atoms with E-state index in [0.717, 1.165) is 28.6 Å². The molecular formula is C15H23Cl2N. The molecule has 1 atom stereocenters. The van der Waals surface area contributed by atoms with Gasteiger partial charge in [0, 0.05) is 16.1 Å². The van der Waals surface area contributed by atoms with Crippen LogP contribution < -0.4 is 5.32 Å². The van der Waals surface area contributed by atoms with E-state index in [2.05, 4.69) is 26.1 Å². The predicted molar refractivity (Wildman–Crippen MR) is 81.7 cm³/mol. The van der Waals surface area contributed by atoms with Crippen molar-refractivity contribution in [3.8, 4) is 0 Å². The summed E-state index contributed by atoms with van der Waals surface area (Å²) in [5, 5.41) is 5.15. The number of likely N-dealkylation sites (N-methyl/N-ethyl adjacent to an activating group) is 1. The van der Waals surface area contributed by atoms with Crippen molar-refractivity contribution in [3.05, 3.63) is 33.8 Å². The second kappa shape index (κ2) is 8.04. The second-order valence-corrected chi connectivity index (χ2v) is 5.52. The Kier molecular flexibility index (Phi) is 7.06. The van der Waals surface area contributed by atoms with Crippen LogP contribution in [-0.4, -0.2) is 12.6 Å². The number of halogens is 2. The molecule has 0 aliphatic heterocycles. The summed E-state index contributed by atoms with van der Waals surface area (Å²) in [7, 11) is 0. The lowest BCUT2D eigenvalue weighted by atomic mass is 9.89. The van der Waals surface area contributed by atoms with E-state index in [1.54, 1.807) is 0 Å². The first-order valence-corrected chi connectivity index (χ1v) is 7.55. The van der Waals surface area contributed by atoms with Crippen molar-refractivity contribution in [2.24, 2.45) is 5.92 Å². The Morgan fingerprint density at radius 2 is 1.78 bits per heavy atom. The van der Waals surface area contributed by atoms with Crippen LogP contribution in [0.2, 0.25) is 10.0 Å². The third-order valence-electron chi connectivity index (χ3n) is 3.53. The highest BCUT2D eigenvalue weighted by Gasteiger charge is 2.19.